The van der Waals surface area contributed by atoms with Gasteiger partial charge in [-0.25, -0.2) is 17.2 Å². The van der Waals surface area contributed by atoms with Crippen LogP contribution in [0.2, 0.25) is 0 Å². The van der Waals surface area contributed by atoms with E-state index in [9.17, 15) is 17.2 Å². The molecule has 18 heavy (non-hydrogen) atoms. The van der Waals surface area contributed by atoms with Gasteiger partial charge in [0.2, 0.25) is 0 Å². The summed E-state index contributed by atoms with van der Waals surface area (Å²) in [4.78, 5) is 0. The summed E-state index contributed by atoms with van der Waals surface area (Å²) in [6, 6.07) is 4.10. The molecule has 0 unspecified atom stereocenters. The Labute approximate surface area is 105 Å². The second-order valence-corrected chi connectivity index (χ2v) is 6.28. The minimum Gasteiger partial charge on any atom is -0.399 e. The van der Waals surface area contributed by atoms with Gasteiger partial charge in [-0.3, -0.25) is 0 Å². The summed E-state index contributed by atoms with van der Waals surface area (Å²) < 4.78 is 48.0. The van der Waals surface area contributed by atoms with E-state index in [1.807, 2.05) is 0 Å². The normalized spacial score (nSPS) is 11.8. The Morgan fingerprint density at radius 2 is 2.06 bits per heavy atom. The zero-order valence-corrected chi connectivity index (χ0v) is 10.8. The number of benzene rings is 1. The predicted octanol–water partition coefficient (Wildman–Crippen LogP) is 2.05. The van der Waals surface area contributed by atoms with E-state index < -0.39 is 16.3 Å². The third-order valence-electron chi connectivity index (χ3n) is 2.48. The van der Waals surface area contributed by atoms with E-state index in [1.165, 1.54) is 18.2 Å². The highest BCUT2D eigenvalue weighted by atomic mass is 32.2. The van der Waals surface area contributed by atoms with E-state index in [4.69, 9.17) is 5.73 Å². The molecule has 0 aliphatic heterocycles. The molecule has 1 aromatic rings. The standard InChI is InChI=1S/C11H16F2N2O2S/c1-2-18(16,17)6-5-15-10-4-3-8(14)7-9(10)11(12)13/h3-4,7,11,15H,2,5-6,14H2,1H3. The summed E-state index contributed by atoms with van der Waals surface area (Å²) in [6.45, 7) is 1.64. The lowest BCUT2D eigenvalue weighted by atomic mass is 10.1. The van der Waals surface area contributed by atoms with Gasteiger partial charge in [0.1, 0.15) is 0 Å². The van der Waals surface area contributed by atoms with Crippen LogP contribution < -0.4 is 11.1 Å². The van der Waals surface area contributed by atoms with Gasteiger partial charge in [0, 0.05) is 29.2 Å². The molecule has 0 aliphatic carbocycles. The van der Waals surface area contributed by atoms with Gasteiger partial charge in [-0.05, 0) is 18.2 Å². The summed E-state index contributed by atoms with van der Waals surface area (Å²) in [5, 5.41) is 2.70. The topological polar surface area (TPSA) is 72.2 Å². The van der Waals surface area contributed by atoms with Crippen molar-refractivity contribution < 1.29 is 17.2 Å². The van der Waals surface area contributed by atoms with Crippen LogP contribution in [0.3, 0.4) is 0 Å². The van der Waals surface area contributed by atoms with Gasteiger partial charge >= 0.3 is 0 Å². The molecule has 0 heterocycles. The van der Waals surface area contributed by atoms with Gasteiger partial charge in [-0.2, -0.15) is 0 Å². The zero-order valence-electron chi connectivity index (χ0n) is 9.99. The van der Waals surface area contributed by atoms with Gasteiger partial charge in [0.05, 0.1) is 5.75 Å². The molecule has 0 aromatic heterocycles. The van der Waals surface area contributed by atoms with E-state index in [2.05, 4.69) is 5.32 Å². The molecule has 4 nitrogen and oxygen atoms in total. The highest BCUT2D eigenvalue weighted by molar-refractivity contribution is 7.91. The first-order valence-electron chi connectivity index (χ1n) is 5.47. The molecule has 0 amide bonds. The molecule has 0 aliphatic rings. The number of sulfone groups is 1. The molecule has 0 fully saturated rings. The first kappa shape index (κ1) is 14.7. The Balaban J connectivity index is 2.73. The van der Waals surface area contributed by atoms with Crippen LogP contribution in [0.15, 0.2) is 18.2 Å². The lowest BCUT2D eigenvalue weighted by Crippen LogP contribution is -2.17. The monoisotopic (exact) mass is 278 g/mol. The second-order valence-electron chi connectivity index (χ2n) is 3.81. The first-order valence-corrected chi connectivity index (χ1v) is 7.29. The average Bonchev–Trinajstić information content (AvgIpc) is 2.30. The van der Waals surface area contributed by atoms with Gasteiger partial charge < -0.3 is 11.1 Å². The van der Waals surface area contributed by atoms with E-state index in [0.717, 1.165) is 0 Å². The molecular weight excluding hydrogens is 262 g/mol. The van der Waals surface area contributed by atoms with Gasteiger partial charge in [0.25, 0.3) is 6.43 Å². The van der Waals surface area contributed by atoms with Crippen molar-refractivity contribution in [3.8, 4) is 0 Å². The molecule has 0 spiro atoms. The molecule has 102 valence electrons. The largest absolute Gasteiger partial charge is 0.399 e. The number of rotatable bonds is 6. The van der Waals surface area contributed by atoms with Crippen molar-refractivity contribution in [1.29, 1.82) is 0 Å². The maximum absolute atomic E-state index is 12.7. The third kappa shape index (κ3) is 4.14. The molecule has 0 bridgehead atoms. The van der Waals surface area contributed by atoms with E-state index >= 15 is 0 Å². The molecule has 1 aromatic carbocycles. The Hall–Kier alpha value is -1.37. The average molecular weight is 278 g/mol. The number of nitrogens with one attached hydrogen (secondary N) is 1. The van der Waals surface area contributed by atoms with E-state index in [1.54, 1.807) is 6.92 Å². The fraction of sp³-hybridized carbons (Fsp3) is 0.455. The van der Waals surface area contributed by atoms with Gasteiger partial charge in [-0.15, -0.1) is 0 Å². The number of nitrogen functional groups attached to an aromatic ring is 1. The quantitative estimate of drug-likeness (QED) is 0.781. The predicted molar refractivity (Wildman–Crippen MR) is 68.6 cm³/mol. The SMILES string of the molecule is CCS(=O)(=O)CCNc1ccc(N)cc1C(F)F. The Morgan fingerprint density at radius 3 is 2.61 bits per heavy atom. The summed E-state index contributed by atoms with van der Waals surface area (Å²) in [7, 11) is -3.11. The van der Waals surface area contributed by atoms with E-state index in [-0.39, 0.29) is 35.0 Å². The highest BCUT2D eigenvalue weighted by Gasteiger charge is 2.14. The molecule has 0 saturated carbocycles. The highest BCUT2D eigenvalue weighted by Crippen LogP contribution is 2.28. The molecule has 1 rings (SSSR count). The molecule has 0 atom stereocenters. The van der Waals surface area contributed by atoms with Crippen molar-refractivity contribution in [2.45, 2.75) is 13.3 Å². The number of hydrogen-bond donors (Lipinski definition) is 2. The lowest BCUT2D eigenvalue weighted by Gasteiger charge is -2.12. The van der Waals surface area contributed by atoms with Crippen molar-refractivity contribution in [3.63, 3.8) is 0 Å². The maximum Gasteiger partial charge on any atom is 0.265 e. The van der Waals surface area contributed by atoms with Crippen LogP contribution in [0.4, 0.5) is 20.2 Å². The zero-order chi connectivity index (χ0) is 13.8. The number of alkyl halides is 2. The third-order valence-corrected chi connectivity index (χ3v) is 4.18. The first-order chi connectivity index (χ1) is 8.35. The van der Waals surface area contributed by atoms with Crippen molar-refractivity contribution in [2.24, 2.45) is 0 Å². The molecule has 7 heteroatoms. The molecule has 0 radical (unpaired) electrons. The van der Waals surface area contributed by atoms with Crippen LogP contribution in [-0.4, -0.2) is 26.5 Å². The van der Waals surface area contributed by atoms with Crippen LogP contribution in [-0.2, 0) is 9.84 Å². The van der Waals surface area contributed by atoms with Crippen LogP contribution in [0, 0.1) is 0 Å². The smallest absolute Gasteiger partial charge is 0.265 e. The Morgan fingerprint density at radius 1 is 1.39 bits per heavy atom. The van der Waals surface area contributed by atoms with Crippen molar-refractivity contribution in [3.05, 3.63) is 23.8 Å². The lowest BCUT2D eigenvalue weighted by molar-refractivity contribution is 0.152. The number of hydrogen-bond acceptors (Lipinski definition) is 4. The number of halogens is 2. The van der Waals surface area contributed by atoms with Crippen LogP contribution >= 0.6 is 0 Å². The van der Waals surface area contributed by atoms with Crippen molar-refractivity contribution in [2.75, 3.05) is 29.1 Å². The Bertz CT molecular complexity index is 504. The number of anilines is 2. The summed E-state index contributed by atoms with van der Waals surface area (Å²) >= 11 is 0. The fourth-order valence-electron chi connectivity index (χ4n) is 1.41. The number of nitrogens with two attached hydrogens (primary N) is 1. The van der Waals surface area contributed by atoms with Gasteiger partial charge in [0.15, 0.2) is 9.84 Å². The van der Waals surface area contributed by atoms with Crippen molar-refractivity contribution >= 4 is 21.2 Å². The molecule has 0 saturated heterocycles. The van der Waals surface area contributed by atoms with Crippen LogP contribution in [0.25, 0.3) is 0 Å². The Kier molecular flexibility index (Phi) is 4.89. The second kappa shape index (κ2) is 5.99. The molecular formula is C11H16F2N2O2S. The minimum atomic E-state index is -3.11. The minimum absolute atomic E-state index is 0.0398. The van der Waals surface area contributed by atoms with Gasteiger partial charge in [-0.1, -0.05) is 6.92 Å². The van der Waals surface area contributed by atoms with Crippen LogP contribution in [0.1, 0.15) is 18.9 Å². The molecule has 3 N–H and O–H groups in total. The summed E-state index contributed by atoms with van der Waals surface area (Å²) in [5.41, 5.74) is 5.67. The van der Waals surface area contributed by atoms with Crippen molar-refractivity contribution in [1.82, 2.24) is 0 Å². The van der Waals surface area contributed by atoms with E-state index in [0.29, 0.717) is 0 Å². The summed E-state index contributed by atoms with van der Waals surface area (Å²) in [6.07, 6.45) is -2.65. The fourth-order valence-corrected chi connectivity index (χ4v) is 2.11. The summed E-state index contributed by atoms with van der Waals surface area (Å²) in [5.74, 6) is -0.0469. The maximum atomic E-state index is 12.7. The van der Waals surface area contributed by atoms with Crippen LogP contribution in [0.5, 0.6) is 0 Å².